The number of hydrogen-bond donors (Lipinski definition) is 1. The summed E-state index contributed by atoms with van der Waals surface area (Å²) in [4.78, 5) is 7.68. The molecule has 2 heterocycles. The molecular weight excluding hydrogens is 300 g/mol. The highest BCUT2D eigenvalue weighted by molar-refractivity contribution is 9.10. The van der Waals surface area contributed by atoms with E-state index in [4.69, 9.17) is 5.11 Å². The topological polar surface area (TPSA) is 36.4 Å². The van der Waals surface area contributed by atoms with Crippen molar-refractivity contribution in [3.8, 4) is 0 Å². The van der Waals surface area contributed by atoms with Gasteiger partial charge in [-0.3, -0.25) is 0 Å². The van der Waals surface area contributed by atoms with Crippen LogP contribution in [-0.4, -0.2) is 17.1 Å². The summed E-state index contributed by atoms with van der Waals surface area (Å²) in [5.74, 6) is 0.909. The van der Waals surface area contributed by atoms with Crippen molar-refractivity contribution in [2.45, 2.75) is 13.2 Å². The fourth-order valence-corrected chi connectivity index (χ4v) is 2.99. The molecule has 2 aromatic heterocycles. The van der Waals surface area contributed by atoms with Gasteiger partial charge >= 0.3 is 0 Å². The Morgan fingerprint density at radius 3 is 2.82 bits per heavy atom. The van der Waals surface area contributed by atoms with Crippen LogP contribution in [0.4, 0.5) is 5.82 Å². The zero-order valence-electron chi connectivity index (χ0n) is 9.43. The first-order chi connectivity index (χ1) is 8.19. The number of pyridine rings is 1. The Morgan fingerprint density at radius 2 is 2.29 bits per heavy atom. The van der Waals surface area contributed by atoms with Gasteiger partial charge < -0.3 is 10.0 Å². The van der Waals surface area contributed by atoms with E-state index in [-0.39, 0.29) is 6.61 Å². The fourth-order valence-electron chi connectivity index (χ4n) is 1.49. The van der Waals surface area contributed by atoms with E-state index in [2.05, 4.69) is 37.3 Å². The van der Waals surface area contributed by atoms with Crippen LogP contribution in [0.5, 0.6) is 0 Å². The van der Waals surface area contributed by atoms with Crippen LogP contribution in [0, 0.1) is 0 Å². The highest BCUT2D eigenvalue weighted by atomic mass is 79.9. The van der Waals surface area contributed by atoms with Gasteiger partial charge in [0.05, 0.1) is 13.2 Å². The van der Waals surface area contributed by atoms with Gasteiger partial charge in [0.1, 0.15) is 5.82 Å². The van der Waals surface area contributed by atoms with Gasteiger partial charge in [0.25, 0.3) is 0 Å². The smallest absolute Gasteiger partial charge is 0.128 e. The zero-order valence-corrected chi connectivity index (χ0v) is 11.8. The quantitative estimate of drug-likeness (QED) is 0.942. The highest BCUT2D eigenvalue weighted by Gasteiger charge is 2.05. The molecule has 0 aliphatic rings. The lowest BCUT2D eigenvalue weighted by atomic mass is 10.3. The molecule has 90 valence electrons. The molecule has 0 amide bonds. The van der Waals surface area contributed by atoms with Crippen molar-refractivity contribution in [3.05, 3.63) is 44.7 Å². The van der Waals surface area contributed by atoms with Gasteiger partial charge in [0.15, 0.2) is 0 Å². The summed E-state index contributed by atoms with van der Waals surface area (Å²) in [6.07, 6.45) is 1.70. The largest absolute Gasteiger partial charge is 0.392 e. The van der Waals surface area contributed by atoms with Crippen molar-refractivity contribution in [3.63, 3.8) is 0 Å². The number of hydrogen-bond acceptors (Lipinski definition) is 4. The summed E-state index contributed by atoms with van der Waals surface area (Å²) in [5.41, 5.74) is 0.834. The molecule has 0 aliphatic heterocycles. The first-order valence-corrected chi connectivity index (χ1v) is 6.86. The molecule has 0 fully saturated rings. The molecule has 0 bridgehead atoms. The monoisotopic (exact) mass is 312 g/mol. The standard InChI is InChI=1S/C12H13BrN2OS/c1-15(6-11-4-10(13)8-17-11)12-3-2-9(7-16)5-14-12/h2-5,8,16H,6-7H2,1H3. The van der Waals surface area contributed by atoms with Crippen molar-refractivity contribution in [2.24, 2.45) is 0 Å². The predicted molar refractivity (Wildman–Crippen MR) is 74.3 cm³/mol. The van der Waals surface area contributed by atoms with E-state index in [1.807, 2.05) is 19.2 Å². The maximum atomic E-state index is 8.95. The second-order valence-electron chi connectivity index (χ2n) is 3.77. The SMILES string of the molecule is CN(Cc1cc(Br)cs1)c1ccc(CO)cn1. The number of halogens is 1. The number of aliphatic hydroxyl groups is 1. The average Bonchev–Trinajstić information content (AvgIpc) is 2.75. The number of anilines is 1. The van der Waals surface area contributed by atoms with Gasteiger partial charge in [0, 0.05) is 28.0 Å². The molecule has 0 aliphatic carbocycles. The van der Waals surface area contributed by atoms with Crippen LogP contribution in [0.3, 0.4) is 0 Å². The van der Waals surface area contributed by atoms with E-state index < -0.39 is 0 Å². The third-order valence-corrected chi connectivity index (χ3v) is 4.08. The lowest BCUT2D eigenvalue weighted by Gasteiger charge is -2.17. The maximum Gasteiger partial charge on any atom is 0.128 e. The number of rotatable bonds is 4. The van der Waals surface area contributed by atoms with Gasteiger partial charge in [-0.1, -0.05) is 6.07 Å². The minimum atomic E-state index is 0.0366. The summed E-state index contributed by atoms with van der Waals surface area (Å²) < 4.78 is 1.12. The van der Waals surface area contributed by atoms with Crippen LogP contribution in [0.2, 0.25) is 0 Å². The van der Waals surface area contributed by atoms with Crippen LogP contribution < -0.4 is 4.90 Å². The third-order valence-electron chi connectivity index (χ3n) is 2.40. The Morgan fingerprint density at radius 1 is 1.47 bits per heavy atom. The Labute approximate surface area is 113 Å². The van der Waals surface area contributed by atoms with Crippen LogP contribution in [0.25, 0.3) is 0 Å². The lowest BCUT2D eigenvalue weighted by Crippen LogP contribution is -2.16. The fraction of sp³-hybridized carbons (Fsp3) is 0.250. The van der Waals surface area contributed by atoms with E-state index in [0.29, 0.717) is 0 Å². The van der Waals surface area contributed by atoms with E-state index in [1.165, 1.54) is 4.88 Å². The highest BCUT2D eigenvalue weighted by Crippen LogP contribution is 2.22. The minimum Gasteiger partial charge on any atom is -0.392 e. The first-order valence-electron chi connectivity index (χ1n) is 5.19. The van der Waals surface area contributed by atoms with Crippen LogP contribution in [-0.2, 0) is 13.2 Å². The van der Waals surface area contributed by atoms with Crippen LogP contribution in [0.1, 0.15) is 10.4 Å². The Bertz CT molecular complexity index is 484. The summed E-state index contributed by atoms with van der Waals surface area (Å²) in [6.45, 7) is 0.872. The molecule has 3 nitrogen and oxygen atoms in total. The minimum absolute atomic E-state index is 0.0366. The first kappa shape index (κ1) is 12.5. The average molecular weight is 313 g/mol. The van der Waals surface area contributed by atoms with Crippen molar-refractivity contribution in [1.29, 1.82) is 0 Å². The summed E-state index contributed by atoms with van der Waals surface area (Å²) in [7, 11) is 2.01. The van der Waals surface area contributed by atoms with Crippen LogP contribution in [0.15, 0.2) is 34.2 Å². The second kappa shape index (κ2) is 5.62. The predicted octanol–water partition coefficient (Wildman–Crippen LogP) is 3.03. The molecular formula is C12H13BrN2OS. The number of thiophene rings is 1. The van der Waals surface area contributed by atoms with Gasteiger partial charge in [0.2, 0.25) is 0 Å². The summed E-state index contributed by atoms with van der Waals surface area (Å²) >= 11 is 5.17. The molecule has 0 radical (unpaired) electrons. The van der Waals surface area contributed by atoms with Crippen LogP contribution >= 0.6 is 27.3 Å². The van der Waals surface area contributed by atoms with E-state index >= 15 is 0 Å². The molecule has 0 saturated heterocycles. The molecule has 5 heteroatoms. The zero-order chi connectivity index (χ0) is 12.3. The molecule has 17 heavy (non-hydrogen) atoms. The lowest BCUT2D eigenvalue weighted by molar-refractivity contribution is 0.281. The summed E-state index contributed by atoms with van der Waals surface area (Å²) in [5, 5.41) is 11.0. The molecule has 0 spiro atoms. The normalized spacial score (nSPS) is 10.5. The molecule has 0 unspecified atom stereocenters. The molecule has 1 N–H and O–H groups in total. The molecule has 0 saturated carbocycles. The van der Waals surface area contributed by atoms with E-state index in [1.54, 1.807) is 17.5 Å². The van der Waals surface area contributed by atoms with Crippen molar-refractivity contribution in [1.82, 2.24) is 4.98 Å². The number of aliphatic hydroxyl groups excluding tert-OH is 1. The van der Waals surface area contributed by atoms with Gasteiger partial charge in [-0.05, 0) is 33.6 Å². The number of nitrogens with zero attached hydrogens (tertiary/aromatic N) is 2. The molecule has 2 rings (SSSR count). The number of aromatic nitrogens is 1. The Balaban J connectivity index is 2.06. The van der Waals surface area contributed by atoms with Crippen molar-refractivity contribution in [2.75, 3.05) is 11.9 Å². The molecule has 2 aromatic rings. The second-order valence-corrected chi connectivity index (χ2v) is 5.68. The van der Waals surface area contributed by atoms with E-state index in [9.17, 15) is 0 Å². The van der Waals surface area contributed by atoms with Gasteiger partial charge in [-0.2, -0.15) is 0 Å². The van der Waals surface area contributed by atoms with Crippen molar-refractivity contribution < 1.29 is 5.11 Å². The van der Waals surface area contributed by atoms with Gasteiger partial charge in [-0.25, -0.2) is 4.98 Å². The Kier molecular flexibility index (Phi) is 4.15. The molecule has 0 aromatic carbocycles. The van der Waals surface area contributed by atoms with Gasteiger partial charge in [-0.15, -0.1) is 11.3 Å². The third kappa shape index (κ3) is 3.28. The molecule has 0 atom stereocenters. The summed E-state index contributed by atoms with van der Waals surface area (Å²) in [6, 6.07) is 5.93. The van der Waals surface area contributed by atoms with Crippen molar-refractivity contribution >= 4 is 33.1 Å². The Hall–Kier alpha value is -0.910. The maximum absolute atomic E-state index is 8.95. The van der Waals surface area contributed by atoms with E-state index in [0.717, 1.165) is 22.4 Å².